The highest BCUT2D eigenvalue weighted by Gasteiger charge is 2.02. The molecule has 78 valence electrons. The lowest BCUT2D eigenvalue weighted by Gasteiger charge is -2.16. The molecule has 0 aliphatic carbocycles. The first-order valence-corrected chi connectivity index (χ1v) is 5.01. The van der Waals surface area contributed by atoms with E-state index in [9.17, 15) is 0 Å². The fourth-order valence-corrected chi connectivity index (χ4v) is 1.24. The number of hydrogen-bond acceptors (Lipinski definition) is 4. The normalized spacial score (nSPS) is 10.6. The van der Waals surface area contributed by atoms with Gasteiger partial charge in [-0.15, -0.1) is 0 Å². The molecule has 0 aromatic carbocycles. The first kappa shape index (κ1) is 10.9. The predicted octanol–water partition coefficient (Wildman–Crippen LogP) is 1.36. The Hall–Kier alpha value is -1.16. The second-order valence-corrected chi connectivity index (χ2v) is 3.10. The van der Waals surface area contributed by atoms with E-state index in [1.54, 1.807) is 6.20 Å². The van der Waals surface area contributed by atoms with Crippen LogP contribution in [0.2, 0.25) is 0 Å². The van der Waals surface area contributed by atoms with Crippen molar-refractivity contribution < 1.29 is 0 Å². The SMILES string of the molecule is CCN(CC)Cc1cnc(NC)cn1. The van der Waals surface area contributed by atoms with Gasteiger partial charge in [-0.2, -0.15) is 0 Å². The van der Waals surface area contributed by atoms with E-state index in [0.29, 0.717) is 0 Å². The molecule has 0 fully saturated rings. The molecule has 0 atom stereocenters. The molecule has 14 heavy (non-hydrogen) atoms. The maximum absolute atomic E-state index is 4.32. The predicted molar refractivity (Wildman–Crippen MR) is 58.2 cm³/mol. The van der Waals surface area contributed by atoms with Gasteiger partial charge in [0.15, 0.2) is 0 Å². The molecule has 4 heteroatoms. The van der Waals surface area contributed by atoms with Crippen LogP contribution in [-0.2, 0) is 6.54 Å². The third kappa shape index (κ3) is 2.96. The molecular formula is C10H18N4. The molecule has 1 aromatic rings. The van der Waals surface area contributed by atoms with Crippen molar-refractivity contribution in [3.8, 4) is 0 Å². The zero-order chi connectivity index (χ0) is 10.4. The van der Waals surface area contributed by atoms with Gasteiger partial charge in [-0.05, 0) is 13.1 Å². The molecule has 0 radical (unpaired) electrons. The Balaban J connectivity index is 2.58. The molecule has 0 bridgehead atoms. The van der Waals surface area contributed by atoms with Crippen molar-refractivity contribution in [1.82, 2.24) is 14.9 Å². The third-order valence-corrected chi connectivity index (χ3v) is 2.24. The van der Waals surface area contributed by atoms with Crippen molar-refractivity contribution >= 4 is 5.82 Å². The first-order valence-electron chi connectivity index (χ1n) is 5.01. The van der Waals surface area contributed by atoms with E-state index in [4.69, 9.17) is 0 Å². The fraction of sp³-hybridized carbons (Fsp3) is 0.600. The molecule has 0 aliphatic rings. The van der Waals surface area contributed by atoms with E-state index in [-0.39, 0.29) is 0 Å². The third-order valence-electron chi connectivity index (χ3n) is 2.24. The second-order valence-electron chi connectivity index (χ2n) is 3.10. The van der Waals surface area contributed by atoms with Crippen LogP contribution in [-0.4, -0.2) is 35.0 Å². The molecule has 1 aromatic heterocycles. The van der Waals surface area contributed by atoms with Gasteiger partial charge in [0, 0.05) is 13.6 Å². The Morgan fingerprint density at radius 2 is 1.93 bits per heavy atom. The van der Waals surface area contributed by atoms with Crippen molar-refractivity contribution in [2.24, 2.45) is 0 Å². The molecule has 0 unspecified atom stereocenters. The van der Waals surface area contributed by atoms with Gasteiger partial charge in [0.1, 0.15) is 5.82 Å². The van der Waals surface area contributed by atoms with Crippen molar-refractivity contribution in [1.29, 1.82) is 0 Å². The summed E-state index contributed by atoms with van der Waals surface area (Å²) in [5, 5.41) is 2.95. The topological polar surface area (TPSA) is 41.1 Å². The highest BCUT2D eigenvalue weighted by Crippen LogP contribution is 2.02. The summed E-state index contributed by atoms with van der Waals surface area (Å²) >= 11 is 0. The van der Waals surface area contributed by atoms with Crippen molar-refractivity contribution in [3.63, 3.8) is 0 Å². The number of nitrogens with one attached hydrogen (secondary N) is 1. The lowest BCUT2D eigenvalue weighted by atomic mass is 10.4. The minimum absolute atomic E-state index is 0.813. The Morgan fingerprint density at radius 1 is 1.21 bits per heavy atom. The summed E-state index contributed by atoms with van der Waals surface area (Å²) in [5.74, 6) is 0.813. The number of rotatable bonds is 5. The second kappa shape index (κ2) is 5.54. The molecule has 0 saturated heterocycles. The molecule has 0 saturated carbocycles. The summed E-state index contributed by atoms with van der Waals surface area (Å²) in [6.07, 6.45) is 3.59. The number of hydrogen-bond donors (Lipinski definition) is 1. The number of nitrogens with zero attached hydrogens (tertiary/aromatic N) is 3. The molecule has 1 N–H and O–H groups in total. The minimum Gasteiger partial charge on any atom is -0.372 e. The van der Waals surface area contributed by atoms with Crippen LogP contribution in [0.25, 0.3) is 0 Å². The van der Waals surface area contributed by atoms with Crippen LogP contribution in [0.5, 0.6) is 0 Å². The van der Waals surface area contributed by atoms with Crippen LogP contribution < -0.4 is 5.32 Å². The monoisotopic (exact) mass is 194 g/mol. The smallest absolute Gasteiger partial charge is 0.144 e. The maximum Gasteiger partial charge on any atom is 0.144 e. The van der Waals surface area contributed by atoms with E-state index < -0.39 is 0 Å². The highest BCUT2D eigenvalue weighted by atomic mass is 15.1. The van der Waals surface area contributed by atoms with Gasteiger partial charge in [0.05, 0.1) is 18.1 Å². The first-order chi connectivity index (χ1) is 6.80. The number of aromatic nitrogens is 2. The number of anilines is 1. The van der Waals surface area contributed by atoms with Gasteiger partial charge in [0.25, 0.3) is 0 Å². The van der Waals surface area contributed by atoms with E-state index in [1.807, 2.05) is 13.2 Å². The largest absolute Gasteiger partial charge is 0.372 e. The van der Waals surface area contributed by atoms with Crippen LogP contribution in [0.3, 0.4) is 0 Å². The van der Waals surface area contributed by atoms with E-state index >= 15 is 0 Å². The van der Waals surface area contributed by atoms with Gasteiger partial charge < -0.3 is 5.32 Å². The zero-order valence-electron chi connectivity index (χ0n) is 9.12. The minimum atomic E-state index is 0.813. The van der Waals surface area contributed by atoms with Crippen LogP contribution in [0.15, 0.2) is 12.4 Å². The molecule has 1 rings (SSSR count). The van der Waals surface area contributed by atoms with Crippen molar-refractivity contribution in [2.75, 3.05) is 25.5 Å². The van der Waals surface area contributed by atoms with E-state index in [1.165, 1.54) is 0 Å². The average Bonchev–Trinajstić information content (AvgIpc) is 2.26. The highest BCUT2D eigenvalue weighted by molar-refractivity contribution is 5.29. The van der Waals surface area contributed by atoms with Crippen LogP contribution in [0.1, 0.15) is 19.5 Å². The average molecular weight is 194 g/mol. The molecular weight excluding hydrogens is 176 g/mol. The fourth-order valence-electron chi connectivity index (χ4n) is 1.24. The molecule has 0 spiro atoms. The lowest BCUT2D eigenvalue weighted by Crippen LogP contribution is -2.22. The van der Waals surface area contributed by atoms with Gasteiger partial charge in [-0.1, -0.05) is 13.8 Å². The molecule has 0 amide bonds. The summed E-state index contributed by atoms with van der Waals surface area (Å²) in [7, 11) is 1.84. The van der Waals surface area contributed by atoms with Crippen LogP contribution >= 0.6 is 0 Å². The summed E-state index contributed by atoms with van der Waals surface area (Å²) in [5.41, 5.74) is 1.02. The Kier molecular flexibility index (Phi) is 4.32. The maximum atomic E-state index is 4.32. The van der Waals surface area contributed by atoms with Gasteiger partial charge >= 0.3 is 0 Å². The zero-order valence-corrected chi connectivity index (χ0v) is 9.12. The Morgan fingerprint density at radius 3 is 2.36 bits per heavy atom. The Bertz CT molecular complexity index is 253. The molecule has 0 aliphatic heterocycles. The molecule has 4 nitrogen and oxygen atoms in total. The van der Waals surface area contributed by atoms with Crippen molar-refractivity contribution in [2.45, 2.75) is 20.4 Å². The van der Waals surface area contributed by atoms with Gasteiger partial charge in [-0.25, -0.2) is 4.98 Å². The van der Waals surface area contributed by atoms with E-state index in [0.717, 1.165) is 31.1 Å². The summed E-state index contributed by atoms with van der Waals surface area (Å²) in [6, 6.07) is 0. The van der Waals surface area contributed by atoms with Crippen LogP contribution in [0.4, 0.5) is 5.82 Å². The van der Waals surface area contributed by atoms with Gasteiger partial charge in [-0.3, -0.25) is 9.88 Å². The summed E-state index contributed by atoms with van der Waals surface area (Å²) in [4.78, 5) is 10.8. The molecule has 1 heterocycles. The van der Waals surface area contributed by atoms with E-state index in [2.05, 4.69) is 34.0 Å². The summed E-state index contributed by atoms with van der Waals surface area (Å²) < 4.78 is 0. The lowest BCUT2D eigenvalue weighted by molar-refractivity contribution is 0.292. The standard InChI is InChI=1S/C10H18N4/c1-4-14(5-2)8-9-6-13-10(11-3)7-12-9/h6-7H,4-5,8H2,1-3H3,(H,11,13). The summed E-state index contributed by atoms with van der Waals surface area (Å²) in [6.45, 7) is 7.28. The quantitative estimate of drug-likeness (QED) is 0.768. The van der Waals surface area contributed by atoms with Crippen molar-refractivity contribution in [3.05, 3.63) is 18.1 Å². The van der Waals surface area contributed by atoms with Gasteiger partial charge in [0.2, 0.25) is 0 Å². The Labute approximate surface area is 85.4 Å². The van der Waals surface area contributed by atoms with Crippen LogP contribution in [0, 0.1) is 0 Å².